The minimum Gasteiger partial charge on any atom is -0.399 e. The Kier molecular flexibility index (Phi) is 5.44. The second-order valence-corrected chi connectivity index (χ2v) is 8.43. The third-order valence-corrected chi connectivity index (χ3v) is 6.69. The fourth-order valence-electron chi connectivity index (χ4n) is 1.68. The number of sulfonamides is 1. The molecule has 1 aromatic heterocycles. The van der Waals surface area contributed by atoms with Crippen molar-refractivity contribution in [2.45, 2.75) is 11.0 Å². The summed E-state index contributed by atoms with van der Waals surface area (Å²) in [4.78, 5) is 0.0502. The zero-order chi connectivity index (χ0) is 15.6. The van der Waals surface area contributed by atoms with Crippen LogP contribution in [0.1, 0.15) is 11.7 Å². The fraction of sp³-hybridized carbons (Fsp3) is 0.167. The second-order valence-electron chi connectivity index (χ2n) is 4.24. The van der Waals surface area contributed by atoms with Gasteiger partial charge in [0.25, 0.3) is 0 Å². The average Bonchev–Trinajstić information content (AvgIpc) is 2.88. The van der Waals surface area contributed by atoms with Crippen LogP contribution in [0.5, 0.6) is 0 Å². The van der Waals surface area contributed by atoms with Crippen molar-refractivity contribution >= 4 is 58.9 Å². The minimum atomic E-state index is -3.78. The molecular formula is C12H12Br2N2O3S2. The van der Waals surface area contributed by atoms with Crippen molar-refractivity contribution < 1.29 is 13.5 Å². The van der Waals surface area contributed by atoms with Crippen molar-refractivity contribution in [1.29, 1.82) is 0 Å². The van der Waals surface area contributed by atoms with E-state index in [2.05, 4.69) is 36.6 Å². The van der Waals surface area contributed by atoms with E-state index in [1.807, 2.05) is 5.38 Å². The predicted octanol–water partition coefficient (Wildman–Crippen LogP) is 2.87. The van der Waals surface area contributed by atoms with Crippen LogP contribution in [0.2, 0.25) is 0 Å². The van der Waals surface area contributed by atoms with Gasteiger partial charge in [-0.25, -0.2) is 13.1 Å². The van der Waals surface area contributed by atoms with E-state index in [4.69, 9.17) is 5.73 Å². The summed E-state index contributed by atoms with van der Waals surface area (Å²) in [5, 5.41) is 13.5. The molecule has 0 aliphatic heterocycles. The molecule has 0 amide bonds. The quantitative estimate of drug-likeness (QED) is 0.604. The van der Waals surface area contributed by atoms with E-state index in [0.717, 1.165) is 0 Å². The number of rotatable bonds is 5. The van der Waals surface area contributed by atoms with Crippen LogP contribution in [0.15, 0.2) is 42.8 Å². The summed E-state index contributed by atoms with van der Waals surface area (Å²) in [6.45, 7) is -0.109. The molecule has 114 valence electrons. The molecule has 0 saturated carbocycles. The van der Waals surface area contributed by atoms with Gasteiger partial charge in [-0.3, -0.25) is 0 Å². The van der Waals surface area contributed by atoms with Crippen LogP contribution in [0, 0.1) is 0 Å². The first-order valence-electron chi connectivity index (χ1n) is 5.75. The number of nitrogens with one attached hydrogen (secondary N) is 1. The standard InChI is InChI=1S/C12H12Br2N2O3S2/c13-9-3-8(15)4-10(14)12(9)21(18,19)16-5-11(17)7-1-2-20-6-7/h1-4,6,11,16-17H,5,15H2. The Labute approximate surface area is 143 Å². The monoisotopic (exact) mass is 454 g/mol. The second kappa shape index (κ2) is 6.76. The maximum atomic E-state index is 12.3. The minimum absolute atomic E-state index is 0.0502. The van der Waals surface area contributed by atoms with Gasteiger partial charge in [0.15, 0.2) is 0 Å². The Hall–Kier alpha value is -0.450. The maximum Gasteiger partial charge on any atom is 0.242 e. The van der Waals surface area contributed by atoms with E-state index in [-0.39, 0.29) is 11.4 Å². The summed E-state index contributed by atoms with van der Waals surface area (Å²) in [7, 11) is -3.78. The first-order chi connectivity index (χ1) is 9.81. The number of thiophene rings is 1. The molecular weight excluding hydrogens is 444 g/mol. The number of benzene rings is 1. The molecule has 0 spiro atoms. The zero-order valence-corrected chi connectivity index (χ0v) is 15.4. The lowest BCUT2D eigenvalue weighted by Gasteiger charge is -2.13. The van der Waals surface area contributed by atoms with Crippen LogP contribution in [0.25, 0.3) is 0 Å². The van der Waals surface area contributed by atoms with Crippen LogP contribution in [0.4, 0.5) is 5.69 Å². The summed E-state index contributed by atoms with van der Waals surface area (Å²) in [5.41, 5.74) is 6.76. The number of halogens is 2. The van der Waals surface area contributed by atoms with Gasteiger partial charge in [-0.05, 0) is 66.4 Å². The van der Waals surface area contributed by atoms with E-state index in [1.54, 1.807) is 11.4 Å². The first-order valence-corrected chi connectivity index (χ1v) is 9.77. The lowest BCUT2D eigenvalue weighted by atomic mass is 10.2. The molecule has 1 aromatic carbocycles. The molecule has 0 bridgehead atoms. The van der Waals surface area contributed by atoms with E-state index >= 15 is 0 Å². The molecule has 1 heterocycles. The number of hydrogen-bond donors (Lipinski definition) is 3. The molecule has 2 aromatic rings. The Balaban J connectivity index is 2.20. The molecule has 1 unspecified atom stereocenters. The highest BCUT2D eigenvalue weighted by Crippen LogP contribution is 2.32. The highest BCUT2D eigenvalue weighted by atomic mass is 79.9. The van der Waals surface area contributed by atoms with Crippen molar-refractivity contribution in [2.75, 3.05) is 12.3 Å². The lowest BCUT2D eigenvalue weighted by molar-refractivity contribution is 0.182. The molecule has 0 saturated heterocycles. The topological polar surface area (TPSA) is 92.4 Å². The summed E-state index contributed by atoms with van der Waals surface area (Å²) >= 11 is 7.82. The summed E-state index contributed by atoms with van der Waals surface area (Å²) in [6, 6.07) is 4.77. The summed E-state index contributed by atoms with van der Waals surface area (Å²) < 4.78 is 27.8. The van der Waals surface area contributed by atoms with Gasteiger partial charge in [-0.15, -0.1) is 0 Å². The number of nitrogens with two attached hydrogens (primary N) is 1. The smallest absolute Gasteiger partial charge is 0.242 e. The van der Waals surface area contributed by atoms with E-state index in [1.165, 1.54) is 23.5 Å². The highest BCUT2D eigenvalue weighted by Gasteiger charge is 2.23. The lowest BCUT2D eigenvalue weighted by Crippen LogP contribution is -2.29. The Bertz CT molecular complexity index is 710. The number of aliphatic hydroxyl groups is 1. The first kappa shape index (κ1) is 16.9. The fourth-order valence-corrected chi connectivity index (χ4v) is 6.04. The SMILES string of the molecule is Nc1cc(Br)c(S(=O)(=O)NCC(O)c2ccsc2)c(Br)c1. The normalized spacial score (nSPS) is 13.3. The van der Waals surface area contributed by atoms with Gasteiger partial charge in [0.05, 0.1) is 6.10 Å². The molecule has 2 rings (SSSR count). The molecule has 4 N–H and O–H groups in total. The van der Waals surface area contributed by atoms with Gasteiger partial charge >= 0.3 is 0 Å². The number of anilines is 1. The van der Waals surface area contributed by atoms with E-state index in [0.29, 0.717) is 20.2 Å². The Morgan fingerprint density at radius 3 is 2.48 bits per heavy atom. The molecule has 9 heteroatoms. The van der Waals surface area contributed by atoms with Gasteiger partial charge in [-0.1, -0.05) is 0 Å². The number of nitrogen functional groups attached to an aromatic ring is 1. The summed E-state index contributed by atoms with van der Waals surface area (Å²) in [6.07, 6.45) is -0.891. The van der Waals surface area contributed by atoms with E-state index < -0.39 is 16.1 Å². The number of hydrogen-bond acceptors (Lipinski definition) is 5. The van der Waals surface area contributed by atoms with Crippen LogP contribution in [-0.4, -0.2) is 20.1 Å². The van der Waals surface area contributed by atoms with Gasteiger partial charge in [0.1, 0.15) is 4.90 Å². The number of aliphatic hydroxyl groups excluding tert-OH is 1. The molecule has 0 fully saturated rings. The van der Waals surface area contributed by atoms with Crippen molar-refractivity contribution in [3.05, 3.63) is 43.5 Å². The van der Waals surface area contributed by atoms with Crippen molar-refractivity contribution in [3.63, 3.8) is 0 Å². The van der Waals surface area contributed by atoms with Crippen LogP contribution in [0.3, 0.4) is 0 Å². The van der Waals surface area contributed by atoms with Crippen molar-refractivity contribution in [3.8, 4) is 0 Å². The molecule has 21 heavy (non-hydrogen) atoms. The van der Waals surface area contributed by atoms with Crippen molar-refractivity contribution in [2.24, 2.45) is 0 Å². The maximum absolute atomic E-state index is 12.3. The van der Waals surface area contributed by atoms with Gasteiger partial charge in [0, 0.05) is 21.2 Å². The Morgan fingerprint density at radius 1 is 1.33 bits per heavy atom. The largest absolute Gasteiger partial charge is 0.399 e. The van der Waals surface area contributed by atoms with E-state index in [9.17, 15) is 13.5 Å². The highest BCUT2D eigenvalue weighted by molar-refractivity contribution is 9.11. The van der Waals surface area contributed by atoms with Crippen LogP contribution < -0.4 is 10.5 Å². The van der Waals surface area contributed by atoms with Crippen LogP contribution in [-0.2, 0) is 10.0 Å². The third kappa shape index (κ3) is 4.05. The Morgan fingerprint density at radius 2 is 1.95 bits per heavy atom. The predicted molar refractivity (Wildman–Crippen MR) is 90.7 cm³/mol. The molecule has 5 nitrogen and oxygen atoms in total. The van der Waals surface area contributed by atoms with Crippen molar-refractivity contribution in [1.82, 2.24) is 4.72 Å². The zero-order valence-electron chi connectivity index (χ0n) is 10.6. The molecule has 0 aliphatic rings. The average molecular weight is 456 g/mol. The van der Waals surface area contributed by atoms with Gasteiger partial charge in [-0.2, -0.15) is 11.3 Å². The van der Waals surface area contributed by atoms with Crippen LogP contribution >= 0.6 is 43.2 Å². The van der Waals surface area contributed by atoms with Gasteiger partial charge < -0.3 is 10.8 Å². The molecule has 1 atom stereocenters. The third-order valence-electron chi connectivity index (χ3n) is 2.68. The van der Waals surface area contributed by atoms with Gasteiger partial charge in [0.2, 0.25) is 10.0 Å². The molecule has 0 aliphatic carbocycles. The summed E-state index contributed by atoms with van der Waals surface area (Å²) in [5.74, 6) is 0. The molecule has 0 radical (unpaired) electrons.